The molecule has 0 radical (unpaired) electrons. The number of carbonyl (C=O) groups is 1. The molecule has 0 bridgehead atoms. The third kappa shape index (κ3) is 17.4. The van der Waals surface area contributed by atoms with Gasteiger partial charge in [0.15, 0.2) is 0 Å². The largest absolute Gasteiger partial charge is 0.435 e. The molecule has 0 fully saturated rings. The molecule has 0 aromatic rings. The van der Waals surface area contributed by atoms with Gasteiger partial charge >= 0.3 is 5.97 Å². The Labute approximate surface area is 143 Å². The highest BCUT2D eigenvalue weighted by Crippen LogP contribution is 2.14. The first-order valence-electron chi connectivity index (χ1n) is 9.69. The SMILES string of the molecule is C=COC(=O)CCCCCCCCCCC(O)CCCCCC. The lowest BCUT2D eigenvalue weighted by atomic mass is 10.0. The van der Waals surface area contributed by atoms with Crippen LogP contribution in [-0.2, 0) is 9.53 Å². The maximum Gasteiger partial charge on any atom is 0.310 e. The summed E-state index contributed by atoms with van der Waals surface area (Å²) in [5, 5.41) is 9.89. The van der Waals surface area contributed by atoms with Crippen LogP contribution in [0, 0.1) is 0 Å². The van der Waals surface area contributed by atoms with Crippen LogP contribution in [-0.4, -0.2) is 17.2 Å². The highest BCUT2D eigenvalue weighted by Gasteiger charge is 2.03. The standard InChI is InChI=1S/C20H38O3/c1-3-5-6-13-16-19(21)17-14-11-9-7-8-10-12-15-18-20(22)23-4-2/h4,19,21H,2-3,5-18H2,1H3. The van der Waals surface area contributed by atoms with Crippen molar-refractivity contribution in [1.82, 2.24) is 0 Å². The quantitative estimate of drug-likeness (QED) is 0.205. The lowest BCUT2D eigenvalue weighted by Crippen LogP contribution is -2.05. The van der Waals surface area contributed by atoms with Crippen molar-refractivity contribution in [3.8, 4) is 0 Å². The predicted molar refractivity (Wildman–Crippen MR) is 97.2 cm³/mol. The molecule has 0 aliphatic rings. The summed E-state index contributed by atoms with van der Waals surface area (Å²) in [7, 11) is 0. The van der Waals surface area contributed by atoms with Gasteiger partial charge < -0.3 is 9.84 Å². The highest BCUT2D eigenvalue weighted by molar-refractivity contribution is 5.69. The van der Waals surface area contributed by atoms with E-state index in [9.17, 15) is 9.90 Å². The van der Waals surface area contributed by atoms with E-state index in [1.807, 2.05) is 0 Å². The summed E-state index contributed by atoms with van der Waals surface area (Å²) in [6.45, 7) is 5.58. The molecule has 0 aromatic carbocycles. The van der Waals surface area contributed by atoms with Crippen LogP contribution in [0.1, 0.15) is 103 Å². The van der Waals surface area contributed by atoms with Crippen molar-refractivity contribution in [1.29, 1.82) is 0 Å². The van der Waals surface area contributed by atoms with Crippen LogP contribution < -0.4 is 0 Å². The lowest BCUT2D eigenvalue weighted by Gasteiger charge is -2.10. The molecule has 1 N–H and O–H groups in total. The number of aliphatic hydroxyl groups excluding tert-OH is 1. The van der Waals surface area contributed by atoms with Gasteiger partial charge in [-0.25, -0.2) is 0 Å². The van der Waals surface area contributed by atoms with Crippen molar-refractivity contribution in [3.63, 3.8) is 0 Å². The minimum atomic E-state index is -0.173. The Balaban J connectivity index is 3.18. The average Bonchev–Trinajstić information content (AvgIpc) is 2.53. The van der Waals surface area contributed by atoms with E-state index in [0.29, 0.717) is 6.42 Å². The molecule has 136 valence electrons. The predicted octanol–water partition coefficient (Wildman–Crippen LogP) is 5.91. The van der Waals surface area contributed by atoms with E-state index in [1.165, 1.54) is 64.0 Å². The van der Waals surface area contributed by atoms with Gasteiger partial charge in [0, 0.05) is 6.42 Å². The molecule has 0 aliphatic heterocycles. The molecular formula is C20H38O3. The summed E-state index contributed by atoms with van der Waals surface area (Å²) in [5.74, 6) is -0.173. The van der Waals surface area contributed by atoms with Gasteiger partial charge in [0.1, 0.15) is 0 Å². The van der Waals surface area contributed by atoms with Gasteiger partial charge in [-0.1, -0.05) is 84.1 Å². The smallest absolute Gasteiger partial charge is 0.310 e. The summed E-state index contributed by atoms with van der Waals surface area (Å²) in [6, 6.07) is 0. The van der Waals surface area contributed by atoms with Crippen LogP contribution in [0.15, 0.2) is 12.8 Å². The van der Waals surface area contributed by atoms with Crippen molar-refractivity contribution in [2.24, 2.45) is 0 Å². The Morgan fingerprint density at radius 1 is 0.913 bits per heavy atom. The zero-order chi connectivity index (χ0) is 17.2. The van der Waals surface area contributed by atoms with Gasteiger partial charge in [-0.3, -0.25) is 4.79 Å². The molecular weight excluding hydrogens is 288 g/mol. The summed E-state index contributed by atoms with van der Waals surface area (Å²) in [6.07, 6.45) is 17.9. The second kappa shape index (κ2) is 17.5. The molecule has 1 atom stereocenters. The molecule has 0 saturated carbocycles. The Morgan fingerprint density at radius 3 is 1.91 bits per heavy atom. The van der Waals surface area contributed by atoms with Gasteiger partial charge in [-0.05, 0) is 19.3 Å². The van der Waals surface area contributed by atoms with Crippen molar-refractivity contribution in [2.75, 3.05) is 0 Å². The van der Waals surface area contributed by atoms with Crippen LogP contribution >= 0.6 is 0 Å². The minimum absolute atomic E-state index is 0.0813. The first-order chi connectivity index (χ1) is 11.2. The number of rotatable bonds is 17. The molecule has 3 heteroatoms. The fourth-order valence-electron chi connectivity index (χ4n) is 2.81. The summed E-state index contributed by atoms with van der Waals surface area (Å²) in [4.78, 5) is 11.1. The number of ether oxygens (including phenoxy) is 1. The highest BCUT2D eigenvalue weighted by atomic mass is 16.5. The third-order valence-corrected chi connectivity index (χ3v) is 4.27. The fraction of sp³-hybridized carbons (Fsp3) is 0.850. The molecule has 0 spiro atoms. The molecule has 0 aliphatic carbocycles. The van der Waals surface area contributed by atoms with Crippen LogP contribution in [0.3, 0.4) is 0 Å². The van der Waals surface area contributed by atoms with E-state index in [0.717, 1.165) is 32.1 Å². The van der Waals surface area contributed by atoms with Gasteiger partial charge in [0.05, 0.1) is 12.4 Å². The summed E-state index contributed by atoms with van der Waals surface area (Å²) >= 11 is 0. The maximum absolute atomic E-state index is 11.1. The molecule has 3 nitrogen and oxygen atoms in total. The first kappa shape index (κ1) is 22.2. The molecule has 0 aromatic heterocycles. The van der Waals surface area contributed by atoms with Crippen LogP contribution in [0.4, 0.5) is 0 Å². The van der Waals surface area contributed by atoms with E-state index < -0.39 is 0 Å². The number of hydrogen-bond acceptors (Lipinski definition) is 3. The summed E-state index contributed by atoms with van der Waals surface area (Å²) in [5.41, 5.74) is 0. The molecule has 0 amide bonds. The van der Waals surface area contributed by atoms with Gasteiger partial charge in [0.25, 0.3) is 0 Å². The molecule has 1 unspecified atom stereocenters. The normalized spacial score (nSPS) is 12.1. The zero-order valence-corrected chi connectivity index (χ0v) is 15.2. The number of esters is 1. The average molecular weight is 327 g/mol. The first-order valence-corrected chi connectivity index (χ1v) is 9.69. The Hall–Kier alpha value is -0.830. The van der Waals surface area contributed by atoms with Crippen molar-refractivity contribution in [2.45, 2.75) is 109 Å². The van der Waals surface area contributed by atoms with Gasteiger partial charge in [-0.15, -0.1) is 0 Å². The van der Waals surface area contributed by atoms with Crippen LogP contribution in [0.5, 0.6) is 0 Å². The van der Waals surface area contributed by atoms with Crippen molar-refractivity contribution < 1.29 is 14.6 Å². The number of carbonyl (C=O) groups excluding carboxylic acids is 1. The van der Waals surface area contributed by atoms with Crippen molar-refractivity contribution in [3.05, 3.63) is 12.8 Å². The Morgan fingerprint density at radius 2 is 1.39 bits per heavy atom. The molecule has 0 saturated heterocycles. The van der Waals surface area contributed by atoms with E-state index in [2.05, 4.69) is 18.2 Å². The molecule has 23 heavy (non-hydrogen) atoms. The van der Waals surface area contributed by atoms with Crippen LogP contribution in [0.25, 0.3) is 0 Å². The van der Waals surface area contributed by atoms with E-state index in [4.69, 9.17) is 0 Å². The minimum Gasteiger partial charge on any atom is -0.435 e. The topological polar surface area (TPSA) is 46.5 Å². The summed E-state index contributed by atoms with van der Waals surface area (Å²) < 4.78 is 4.67. The second-order valence-electron chi connectivity index (χ2n) is 6.53. The van der Waals surface area contributed by atoms with E-state index in [-0.39, 0.29) is 12.1 Å². The lowest BCUT2D eigenvalue weighted by molar-refractivity contribution is -0.138. The van der Waals surface area contributed by atoms with Gasteiger partial charge in [-0.2, -0.15) is 0 Å². The molecule has 0 heterocycles. The monoisotopic (exact) mass is 326 g/mol. The third-order valence-electron chi connectivity index (χ3n) is 4.27. The van der Waals surface area contributed by atoms with E-state index in [1.54, 1.807) is 0 Å². The fourth-order valence-corrected chi connectivity index (χ4v) is 2.81. The number of hydrogen-bond donors (Lipinski definition) is 1. The van der Waals surface area contributed by atoms with E-state index >= 15 is 0 Å². The second-order valence-corrected chi connectivity index (χ2v) is 6.53. The number of aliphatic hydroxyl groups is 1. The van der Waals surface area contributed by atoms with Gasteiger partial charge in [0.2, 0.25) is 0 Å². The maximum atomic E-state index is 11.1. The zero-order valence-electron chi connectivity index (χ0n) is 15.2. The Kier molecular flexibility index (Phi) is 16.9. The Bertz CT molecular complexity index is 276. The van der Waals surface area contributed by atoms with Crippen LogP contribution in [0.2, 0.25) is 0 Å². The number of unbranched alkanes of at least 4 members (excludes halogenated alkanes) is 10. The molecule has 0 rings (SSSR count). The van der Waals surface area contributed by atoms with Crippen molar-refractivity contribution >= 4 is 5.97 Å².